The minimum Gasteiger partial charge on any atom is -0.355 e. The molecule has 1 N–H and O–H groups in total. The van der Waals surface area contributed by atoms with Gasteiger partial charge in [-0.1, -0.05) is 72.1 Å². The molecular formula is C29H33Cl2N3O4S. The van der Waals surface area contributed by atoms with E-state index in [1.54, 1.807) is 69.3 Å². The number of aryl methyl sites for hydroxylation is 2. The molecule has 0 heterocycles. The fourth-order valence-electron chi connectivity index (χ4n) is 4.36. The lowest BCUT2D eigenvalue weighted by molar-refractivity contribution is -0.140. The Morgan fingerprint density at radius 3 is 2.23 bits per heavy atom. The van der Waals surface area contributed by atoms with Crippen molar-refractivity contribution in [1.82, 2.24) is 10.2 Å². The van der Waals surface area contributed by atoms with Gasteiger partial charge in [-0.25, -0.2) is 8.42 Å². The first-order valence-electron chi connectivity index (χ1n) is 12.7. The summed E-state index contributed by atoms with van der Waals surface area (Å²) in [5, 5.41) is 3.56. The zero-order valence-corrected chi connectivity index (χ0v) is 24.8. The van der Waals surface area contributed by atoms with Gasteiger partial charge >= 0.3 is 0 Å². The van der Waals surface area contributed by atoms with Gasteiger partial charge in [0.1, 0.15) is 12.6 Å². The predicted molar refractivity (Wildman–Crippen MR) is 157 cm³/mol. The first-order valence-corrected chi connectivity index (χ1v) is 14.8. The highest BCUT2D eigenvalue weighted by Gasteiger charge is 2.34. The summed E-state index contributed by atoms with van der Waals surface area (Å²) < 4.78 is 28.9. The summed E-state index contributed by atoms with van der Waals surface area (Å²) in [4.78, 5) is 28.5. The van der Waals surface area contributed by atoms with E-state index in [0.29, 0.717) is 39.8 Å². The van der Waals surface area contributed by atoms with E-state index < -0.39 is 28.5 Å². The minimum atomic E-state index is -4.13. The van der Waals surface area contributed by atoms with Crippen LogP contribution in [0.4, 0.5) is 5.69 Å². The Bertz CT molecular complexity index is 1430. The topological polar surface area (TPSA) is 86.8 Å². The molecule has 0 aliphatic rings. The van der Waals surface area contributed by atoms with E-state index in [0.717, 1.165) is 9.87 Å². The molecule has 0 spiro atoms. The molecule has 0 radical (unpaired) electrons. The number of benzene rings is 3. The summed E-state index contributed by atoms with van der Waals surface area (Å²) in [6.45, 7) is 7.17. The lowest BCUT2D eigenvalue weighted by atomic mass is 10.1. The quantitative estimate of drug-likeness (QED) is 0.308. The average molecular weight is 591 g/mol. The number of sulfonamides is 1. The number of hydrogen-bond acceptors (Lipinski definition) is 4. The van der Waals surface area contributed by atoms with Crippen LogP contribution in [0.1, 0.15) is 37.0 Å². The standard InChI is InChI=1S/C29H33Cl2N3O4S/c1-5-26(29(36)32-6-2)33(18-22-13-14-23(30)17-25(22)31)28(35)19-34(27-15-12-20(3)16-21(27)4)39(37,38)24-10-8-7-9-11-24/h7-17,26H,5-6,18-19H2,1-4H3,(H,32,36). The molecule has 0 fully saturated rings. The molecule has 0 bridgehead atoms. The normalized spacial score (nSPS) is 12.1. The van der Waals surface area contributed by atoms with Crippen LogP contribution in [-0.4, -0.2) is 44.3 Å². The Kier molecular flexibility index (Phi) is 10.4. The second-order valence-electron chi connectivity index (χ2n) is 9.19. The van der Waals surface area contributed by atoms with Crippen LogP contribution in [-0.2, 0) is 26.2 Å². The zero-order chi connectivity index (χ0) is 28.7. The maximum absolute atomic E-state index is 14.0. The molecule has 0 aliphatic heterocycles. The summed E-state index contributed by atoms with van der Waals surface area (Å²) in [5.41, 5.74) is 2.63. The maximum Gasteiger partial charge on any atom is 0.264 e. The van der Waals surface area contributed by atoms with E-state index >= 15 is 0 Å². The summed E-state index contributed by atoms with van der Waals surface area (Å²) in [6, 6.07) is 17.4. The Hall–Kier alpha value is -3.07. The van der Waals surface area contributed by atoms with E-state index in [2.05, 4.69) is 5.32 Å². The lowest BCUT2D eigenvalue weighted by Gasteiger charge is -2.33. The number of likely N-dealkylation sites (N-methyl/N-ethyl adjacent to an activating group) is 1. The summed E-state index contributed by atoms with van der Waals surface area (Å²) in [6.07, 6.45) is 0.317. The summed E-state index contributed by atoms with van der Waals surface area (Å²) >= 11 is 12.5. The molecule has 3 aromatic carbocycles. The summed E-state index contributed by atoms with van der Waals surface area (Å²) in [7, 11) is -4.13. The largest absolute Gasteiger partial charge is 0.355 e. The molecule has 1 atom stereocenters. The van der Waals surface area contributed by atoms with Crippen LogP contribution in [0.3, 0.4) is 0 Å². The minimum absolute atomic E-state index is 0.00339. The number of nitrogens with zero attached hydrogens (tertiary/aromatic N) is 2. The number of rotatable bonds is 11. The van der Waals surface area contributed by atoms with E-state index in [4.69, 9.17) is 23.2 Å². The molecule has 10 heteroatoms. The van der Waals surface area contributed by atoms with Crippen molar-refractivity contribution in [3.63, 3.8) is 0 Å². The van der Waals surface area contributed by atoms with Gasteiger partial charge in [-0.05, 0) is 68.7 Å². The average Bonchev–Trinajstić information content (AvgIpc) is 2.89. The van der Waals surface area contributed by atoms with Crippen LogP contribution in [0.15, 0.2) is 71.6 Å². The monoisotopic (exact) mass is 589 g/mol. The van der Waals surface area contributed by atoms with Gasteiger partial charge in [-0.15, -0.1) is 0 Å². The molecule has 0 saturated carbocycles. The number of nitrogens with one attached hydrogen (secondary N) is 1. The van der Waals surface area contributed by atoms with Gasteiger partial charge in [-0.2, -0.15) is 0 Å². The highest BCUT2D eigenvalue weighted by molar-refractivity contribution is 7.92. The molecule has 3 aromatic rings. The molecule has 0 aliphatic carbocycles. The van der Waals surface area contributed by atoms with E-state index in [1.165, 1.54) is 17.0 Å². The molecule has 208 valence electrons. The van der Waals surface area contributed by atoms with Gasteiger partial charge in [0, 0.05) is 23.1 Å². The number of anilines is 1. The number of carbonyl (C=O) groups excluding carboxylic acids is 2. The number of hydrogen-bond donors (Lipinski definition) is 1. The first kappa shape index (κ1) is 30.5. The van der Waals surface area contributed by atoms with Crippen molar-refractivity contribution in [2.75, 3.05) is 17.4 Å². The fourth-order valence-corrected chi connectivity index (χ4v) is 6.33. The Morgan fingerprint density at radius 2 is 1.64 bits per heavy atom. The molecule has 0 saturated heterocycles. The molecule has 0 aromatic heterocycles. The predicted octanol–water partition coefficient (Wildman–Crippen LogP) is 5.75. The third-order valence-electron chi connectivity index (χ3n) is 6.32. The third kappa shape index (κ3) is 7.32. The van der Waals surface area contributed by atoms with Gasteiger partial charge in [0.2, 0.25) is 11.8 Å². The Balaban J connectivity index is 2.10. The van der Waals surface area contributed by atoms with Crippen molar-refractivity contribution in [2.24, 2.45) is 0 Å². The van der Waals surface area contributed by atoms with Crippen molar-refractivity contribution >= 4 is 50.7 Å². The van der Waals surface area contributed by atoms with Crippen LogP contribution in [0, 0.1) is 13.8 Å². The van der Waals surface area contributed by atoms with Gasteiger partial charge < -0.3 is 10.2 Å². The Morgan fingerprint density at radius 1 is 0.949 bits per heavy atom. The number of carbonyl (C=O) groups is 2. The second kappa shape index (κ2) is 13.3. The van der Waals surface area contributed by atoms with Crippen molar-refractivity contribution in [3.05, 3.63) is 93.5 Å². The van der Waals surface area contributed by atoms with Crippen LogP contribution in [0.2, 0.25) is 10.0 Å². The SMILES string of the molecule is CCNC(=O)C(CC)N(Cc1ccc(Cl)cc1Cl)C(=O)CN(c1ccc(C)cc1C)S(=O)(=O)c1ccccc1. The fraction of sp³-hybridized carbons (Fsp3) is 0.310. The highest BCUT2D eigenvalue weighted by Crippen LogP contribution is 2.29. The van der Waals surface area contributed by atoms with Gasteiger partial charge in [-0.3, -0.25) is 13.9 Å². The molecule has 2 amide bonds. The molecule has 1 unspecified atom stereocenters. The van der Waals surface area contributed by atoms with E-state index in [9.17, 15) is 18.0 Å². The van der Waals surface area contributed by atoms with Crippen LogP contribution < -0.4 is 9.62 Å². The smallest absolute Gasteiger partial charge is 0.264 e. The van der Waals surface area contributed by atoms with E-state index in [-0.39, 0.29) is 17.3 Å². The summed E-state index contributed by atoms with van der Waals surface area (Å²) in [5.74, 6) is -0.874. The molecular weight excluding hydrogens is 557 g/mol. The van der Waals surface area contributed by atoms with Gasteiger partial charge in [0.25, 0.3) is 10.0 Å². The van der Waals surface area contributed by atoms with Gasteiger partial charge in [0.05, 0.1) is 10.6 Å². The van der Waals surface area contributed by atoms with Crippen molar-refractivity contribution in [2.45, 2.75) is 51.6 Å². The highest BCUT2D eigenvalue weighted by atomic mass is 35.5. The van der Waals surface area contributed by atoms with E-state index in [1.807, 2.05) is 13.0 Å². The molecule has 7 nitrogen and oxygen atoms in total. The van der Waals surface area contributed by atoms with Crippen molar-refractivity contribution in [3.8, 4) is 0 Å². The zero-order valence-electron chi connectivity index (χ0n) is 22.4. The Labute approximate surface area is 240 Å². The van der Waals surface area contributed by atoms with Crippen LogP contribution in [0.5, 0.6) is 0 Å². The number of halogens is 2. The van der Waals surface area contributed by atoms with Gasteiger partial charge in [0.15, 0.2) is 0 Å². The van der Waals surface area contributed by atoms with Crippen molar-refractivity contribution < 1.29 is 18.0 Å². The third-order valence-corrected chi connectivity index (χ3v) is 8.68. The van der Waals surface area contributed by atoms with Crippen molar-refractivity contribution in [1.29, 1.82) is 0 Å². The number of amides is 2. The van der Waals surface area contributed by atoms with Crippen LogP contribution in [0.25, 0.3) is 0 Å². The second-order valence-corrected chi connectivity index (χ2v) is 11.9. The van der Waals surface area contributed by atoms with Crippen LogP contribution >= 0.6 is 23.2 Å². The lowest BCUT2D eigenvalue weighted by Crippen LogP contribution is -2.52. The molecule has 39 heavy (non-hydrogen) atoms. The molecule has 3 rings (SSSR count). The first-order chi connectivity index (χ1) is 18.5. The maximum atomic E-state index is 14.0.